The maximum Gasteiger partial charge on any atom is 0.284 e. The molecule has 106 valence electrons. The number of hydrogen-bond donors (Lipinski definition) is 2. The lowest BCUT2D eigenvalue weighted by atomic mass is 10.1. The molecular weight excluding hydrogens is 324 g/mol. The molecule has 0 aliphatic carbocycles. The highest BCUT2D eigenvalue weighted by molar-refractivity contribution is 9.10. The molecule has 0 saturated carbocycles. The molecule has 2 rings (SSSR count). The summed E-state index contributed by atoms with van der Waals surface area (Å²) in [6.45, 7) is 5.50. The Morgan fingerprint density at radius 2 is 2.15 bits per heavy atom. The first kappa shape index (κ1) is 14.7. The van der Waals surface area contributed by atoms with Gasteiger partial charge in [0.05, 0.1) is 9.99 Å². The molecule has 0 fully saturated rings. The molecule has 2 aromatic rings. The van der Waals surface area contributed by atoms with Crippen LogP contribution in [0.5, 0.6) is 5.75 Å². The minimum Gasteiger partial charge on any atom is -0.480 e. The molecule has 1 unspecified atom stereocenters. The van der Waals surface area contributed by atoms with Crippen LogP contribution in [0.1, 0.15) is 18.2 Å². The Morgan fingerprint density at radius 3 is 2.80 bits per heavy atom. The van der Waals surface area contributed by atoms with Gasteiger partial charge in [-0.2, -0.15) is 0 Å². The van der Waals surface area contributed by atoms with E-state index in [0.717, 1.165) is 26.6 Å². The highest BCUT2D eigenvalue weighted by Crippen LogP contribution is 2.35. The second-order valence-electron chi connectivity index (χ2n) is 4.59. The summed E-state index contributed by atoms with van der Waals surface area (Å²) >= 11 is 3.50. The van der Waals surface area contributed by atoms with E-state index in [2.05, 4.69) is 20.9 Å². The number of amides is 1. The molecule has 1 atom stereocenters. The fourth-order valence-corrected chi connectivity index (χ4v) is 2.79. The monoisotopic (exact) mass is 338 g/mol. The number of fused-ring (bicyclic) bond motifs is 1. The van der Waals surface area contributed by atoms with Crippen LogP contribution in [0.3, 0.4) is 0 Å². The smallest absolute Gasteiger partial charge is 0.284 e. The van der Waals surface area contributed by atoms with Gasteiger partial charge in [-0.15, -0.1) is 0 Å². The number of pyridine rings is 1. The molecule has 0 bridgehead atoms. The first-order chi connectivity index (χ1) is 9.43. The van der Waals surface area contributed by atoms with E-state index in [1.807, 2.05) is 26.0 Å². The van der Waals surface area contributed by atoms with Crippen LogP contribution in [0.2, 0.25) is 0 Å². The Morgan fingerprint density at radius 1 is 1.45 bits per heavy atom. The molecule has 5 nitrogen and oxygen atoms in total. The van der Waals surface area contributed by atoms with Crippen molar-refractivity contribution in [3.63, 3.8) is 0 Å². The summed E-state index contributed by atoms with van der Waals surface area (Å²) in [5.74, 6) is -0.0712. The number of nitrogens with one attached hydrogen (secondary N) is 1. The SMILES string of the molecule is Cc1cc(C)c2c(Br)c(OC(C)C(=O)NO)ccc2n1. The zero-order valence-electron chi connectivity index (χ0n) is 11.4. The summed E-state index contributed by atoms with van der Waals surface area (Å²) in [4.78, 5) is 15.8. The standard InChI is InChI=1S/C14H15BrN2O3/c1-7-6-8(2)16-10-4-5-11(13(15)12(7)10)20-9(3)14(18)17-19/h4-6,9,19H,1-3H3,(H,17,18). The minimum atomic E-state index is -0.799. The molecular formula is C14H15BrN2O3. The molecule has 1 aromatic heterocycles. The van der Waals surface area contributed by atoms with Gasteiger partial charge in [-0.3, -0.25) is 15.0 Å². The highest BCUT2D eigenvalue weighted by Gasteiger charge is 2.17. The third-order valence-corrected chi connectivity index (χ3v) is 3.77. The molecule has 20 heavy (non-hydrogen) atoms. The van der Waals surface area contributed by atoms with Gasteiger partial charge >= 0.3 is 0 Å². The fourth-order valence-electron chi connectivity index (χ4n) is 2.05. The lowest BCUT2D eigenvalue weighted by Gasteiger charge is -2.15. The van der Waals surface area contributed by atoms with Crippen LogP contribution in [0.4, 0.5) is 0 Å². The molecule has 2 N–H and O–H groups in total. The van der Waals surface area contributed by atoms with E-state index in [0.29, 0.717) is 5.75 Å². The molecule has 1 amide bonds. The zero-order valence-corrected chi connectivity index (χ0v) is 13.0. The summed E-state index contributed by atoms with van der Waals surface area (Å²) in [5, 5.41) is 9.55. The second kappa shape index (κ2) is 5.76. The predicted octanol–water partition coefficient (Wildman–Crippen LogP) is 2.89. The van der Waals surface area contributed by atoms with Gasteiger partial charge in [0, 0.05) is 11.1 Å². The number of carbonyl (C=O) groups excluding carboxylic acids is 1. The Bertz CT molecular complexity index is 673. The van der Waals surface area contributed by atoms with Crippen molar-refractivity contribution < 1.29 is 14.7 Å². The number of aromatic nitrogens is 1. The number of benzene rings is 1. The number of carbonyl (C=O) groups is 1. The summed E-state index contributed by atoms with van der Waals surface area (Å²) in [6.07, 6.45) is -0.799. The third kappa shape index (κ3) is 2.76. The number of hydroxylamine groups is 1. The van der Waals surface area contributed by atoms with Gasteiger partial charge < -0.3 is 4.74 Å². The van der Waals surface area contributed by atoms with Crippen molar-refractivity contribution in [3.8, 4) is 5.75 Å². The van der Waals surface area contributed by atoms with E-state index in [4.69, 9.17) is 9.94 Å². The molecule has 0 spiro atoms. The average Bonchev–Trinajstić information content (AvgIpc) is 2.40. The molecule has 0 saturated heterocycles. The van der Waals surface area contributed by atoms with Crippen LogP contribution in [0.25, 0.3) is 10.9 Å². The second-order valence-corrected chi connectivity index (χ2v) is 5.38. The van der Waals surface area contributed by atoms with Gasteiger partial charge in [0.2, 0.25) is 0 Å². The Hall–Kier alpha value is -1.66. The van der Waals surface area contributed by atoms with Crippen molar-refractivity contribution in [1.29, 1.82) is 0 Å². The van der Waals surface area contributed by atoms with E-state index in [9.17, 15) is 4.79 Å². The first-order valence-electron chi connectivity index (χ1n) is 6.11. The average molecular weight is 339 g/mol. The van der Waals surface area contributed by atoms with E-state index < -0.39 is 12.0 Å². The van der Waals surface area contributed by atoms with E-state index >= 15 is 0 Å². The first-order valence-corrected chi connectivity index (χ1v) is 6.90. The Balaban J connectivity index is 2.47. The lowest BCUT2D eigenvalue weighted by Crippen LogP contribution is -2.34. The third-order valence-electron chi connectivity index (χ3n) is 2.98. The number of nitrogens with zero attached hydrogens (tertiary/aromatic N) is 1. The van der Waals surface area contributed by atoms with Crippen LogP contribution in [-0.4, -0.2) is 22.2 Å². The summed E-state index contributed by atoms with van der Waals surface area (Å²) < 4.78 is 6.29. The van der Waals surface area contributed by atoms with Gasteiger partial charge in [0.1, 0.15) is 5.75 Å². The van der Waals surface area contributed by atoms with Gasteiger partial charge in [-0.25, -0.2) is 5.48 Å². The van der Waals surface area contributed by atoms with Crippen LogP contribution in [-0.2, 0) is 4.79 Å². The summed E-state index contributed by atoms with van der Waals surface area (Å²) in [7, 11) is 0. The van der Waals surface area contributed by atoms with Gasteiger partial charge in [-0.05, 0) is 60.5 Å². The number of aryl methyl sites for hydroxylation is 2. The van der Waals surface area contributed by atoms with Gasteiger partial charge in [0.15, 0.2) is 6.10 Å². The van der Waals surface area contributed by atoms with Crippen molar-refractivity contribution in [3.05, 3.63) is 33.9 Å². The van der Waals surface area contributed by atoms with Gasteiger partial charge in [-0.1, -0.05) is 0 Å². The summed E-state index contributed by atoms with van der Waals surface area (Å²) in [5.41, 5.74) is 4.45. The highest BCUT2D eigenvalue weighted by atomic mass is 79.9. The number of rotatable bonds is 3. The normalized spacial score (nSPS) is 12.2. The number of ether oxygens (including phenoxy) is 1. The molecule has 1 heterocycles. The molecule has 6 heteroatoms. The largest absolute Gasteiger partial charge is 0.480 e. The molecule has 0 aliphatic heterocycles. The fraction of sp³-hybridized carbons (Fsp3) is 0.286. The van der Waals surface area contributed by atoms with Crippen molar-refractivity contribution in [2.24, 2.45) is 0 Å². The molecule has 0 radical (unpaired) electrons. The Kier molecular flexibility index (Phi) is 4.25. The topological polar surface area (TPSA) is 71.5 Å². The van der Waals surface area contributed by atoms with Crippen molar-refractivity contribution in [2.45, 2.75) is 26.9 Å². The Labute approximate surface area is 125 Å². The lowest BCUT2D eigenvalue weighted by molar-refractivity contribution is -0.135. The van der Waals surface area contributed by atoms with Gasteiger partial charge in [0.25, 0.3) is 5.91 Å². The maximum absolute atomic E-state index is 11.3. The van der Waals surface area contributed by atoms with E-state index in [1.54, 1.807) is 18.5 Å². The number of hydrogen-bond acceptors (Lipinski definition) is 4. The van der Waals surface area contributed by atoms with E-state index in [-0.39, 0.29) is 0 Å². The van der Waals surface area contributed by atoms with Crippen LogP contribution in [0, 0.1) is 13.8 Å². The summed E-state index contributed by atoms with van der Waals surface area (Å²) in [6, 6.07) is 5.58. The minimum absolute atomic E-state index is 0.530. The van der Waals surface area contributed by atoms with Crippen molar-refractivity contribution >= 4 is 32.7 Å². The molecule has 0 aliphatic rings. The quantitative estimate of drug-likeness (QED) is 0.666. The maximum atomic E-state index is 11.3. The van der Waals surface area contributed by atoms with Crippen LogP contribution >= 0.6 is 15.9 Å². The molecule has 1 aromatic carbocycles. The van der Waals surface area contributed by atoms with Crippen molar-refractivity contribution in [1.82, 2.24) is 10.5 Å². The van der Waals surface area contributed by atoms with Crippen molar-refractivity contribution in [2.75, 3.05) is 0 Å². The van der Waals surface area contributed by atoms with Crippen LogP contribution in [0.15, 0.2) is 22.7 Å². The zero-order chi connectivity index (χ0) is 14.9. The van der Waals surface area contributed by atoms with E-state index in [1.165, 1.54) is 0 Å². The predicted molar refractivity (Wildman–Crippen MR) is 78.9 cm³/mol. The number of halogens is 1. The van der Waals surface area contributed by atoms with Crippen LogP contribution < -0.4 is 10.2 Å².